The van der Waals surface area contributed by atoms with Crippen molar-refractivity contribution in [2.24, 2.45) is 0 Å². The molecule has 1 aliphatic rings. The van der Waals surface area contributed by atoms with Gasteiger partial charge in [-0.3, -0.25) is 0 Å². The third kappa shape index (κ3) is 4.73. The molecule has 1 aliphatic heterocycles. The van der Waals surface area contributed by atoms with Gasteiger partial charge in [0.1, 0.15) is 18.0 Å². The quantitative estimate of drug-likeness (QED) is 0.569. The standard InChI is InChI=1S/C26H29NO3/c1-21-10-8-9-15-25(21)29-17-16-27-18-24-19-28-20-26(30-24,22-11-4-2-5-12-22)23-13-6-3-7-14-23/h2-15,24,27H,16-20H2,1H3. The van der Waals surface area contributed by atoms with Crippen LogP contribution in [0.15, 0.2) is 84.9 Å². The summed E-state index contributed by atoms with van der Waals surface area (Å²) in [6.07, 6.45) is -0.0439. The Labute approximate surface area is 178 Å². The van der Waals surface area contributed by atoms with E-state index < -0.39 is 5.60 Å². The molecular formula is C26H29NO3. The Morgan fingerprint density at radius 3 is 2.20 bits per heavy atom. The number of hydrogen-bond donors (Lipinski definition) is 1. The highest BCUT2D eigenvalue weighted by molar-refractivity contribution is 5.37. The van der Waals surface area contributed by atoms with E-state index >= 15 is 0 Å². The zero-order valence-electron chi connectivity index (χ0n) is 17.4. The van der Waals surface area contributed by atoms with Crippen molar-refractivity contribution in [1.82, 2.24) is 5.32 Å². The van der Waals surface area contributed by atoms with Crippen molar-refractivity contribution in [1.29, 1.82) is 0 Å². The van der Waals surface area contributed by atoms with Gasteiger partial charge in [0.25, 0.3) is 0 Å². The Hall–Kier alpha value is -2.66. The summed E-state index contributed by atoms with van der Waals surface area (Å²) in [7, 11) is 0. The Morgan fingerprint density at radius 2 is 1.53 bits per heavy atom. The minimum Gasteiger partial charge on any atom is -0.492 e. The molecule has 0 radical (unpaired) electrons. The summed E-state index contributed by atoms with van der Waals surface area (Å²) < 4.78 is 18.6. The van der Waals surface area contributed by atoms with Crippen LogP contribution < -0.4 is 10.1 Å². The largest absolute Gasteiger partial charge is 0.492 e. The first kappa shape index (κ1) is 20.6. The third-order valence-corrected chi connectivity index (χ3v) is 5.46. The molecule has 4 nitrogen and oxygen atoms in total. The summed E-state index contributed by atoms with van der Waals surface area (Å²) in [6.45, 7) is 5.21. The highest BCUT2D eigenvalue weighted by Gasteiger charge is 2.41. The van der Waals surface area contributed by atoms with E-state index in [2.05, 4.69) is 42.6 Å². The maximum atomic E-state index is 6.70. The van der Waals surface area contributed by atoms with Crippen LogP contribution in [0.5, 0.6) is 5.75 Å². The normalized spacial score (nSPS) is 18.1. The minimum absolute atomic E-state index is 0.0439. The van der Waals surface area contributed by atoms with Crippen LogP contribution >= 0.6 is 0 Å². The van der Waals surface area contributed by atoms with E-state index in [-0.39, 0.29) is 6.10 Å². The number of para-hydroxylation sites is 1. The number of benzene rings is 3. The maximum Gasteiger partial charge on any atom is 0.142 e. The predicted molar refractivity (Wildman–Crippen MR) is 119 cm³/mol. The van der Waals surface area contributed by atoms with Crippen molar-refractivity contribution in [3.63, 3.8) is 0 Å². The molecular weight excluding hydrogens is 374 g/mol. The van der Waals surface area contributed by atoms with Crippen LogP contribution in [-0.2, 0) is 15.1 Å². The van der Waals surface area contributed by atoms with Crippen LogP contribution in [0, 0.1) is 6.92 Å². The van der Waals surface area contributed by atoms with Crippen molar-refractivity contribution >= 4 is 0 Å². The third-order valence-electron chi connectivity index (χ3n) is 5.46. The lowest BCUT2D eigenvalue weighted by Gasteiger charge is -2.42. The lowest BCUT2D eigenvalue weighted by atomic mass is 9.86. The van der Waals surface area contributed by atoms with E-state index in [1.54, 1.807) is 0 Å². The fraction of sp³-hybridized carbons (Fsp3) is 0.308. The zero-order valence-corrected chi connectivity index (χ0v) is 17.4. The van der Waals surface area contributed by atoms with Gasteiger partial charge < -0.3 is 19.5 Å². The van der Waals surface area contributed by atoms with Crippen molar-refractivity contribution in [2.45, 2.75) is 18.6 Å². The van der Waals surface area contributed by atoms with Crippen LogP contribution in [0.4, 0.5) is 0 Å². The highest BCUT2D eigenvalue weighted by Crippen LogP contribution is 2.37. The molecule has 3 aromatic rings. The van der Waals surface area contributed by atoms with Gasteiger partial charge in [-0.2, -0.15) is 0 Å². The van der Waals surface area contributed by atoms with Crippen molar-refractivity contribution in [3.05, 3.63) is 102 Å². The van der Waals surface area contributed by atoms with E-state index in [9.17, 15) is 0 Å². The molecule has 1 unspecified atom stereocenters. The summed E-state index contributed by atoms with van der Waals surface area (Å²) in [4.78, 5) is 0. The fourth-order valence-electron chi connectivity index (χ4n) is 3.89. The molecule has 1 saturated heterocycles. The first-order valence-electron chi connectivity index (χ1n) is 10.5. The Kier molecular flexibility index (Phi) is 6.80. The Bertz CT molecular complexity index is 874. The first-order chi connectivity index (χ1) is 14.8. The number of ether oxygens (including phenoxy) is 3. The molecule has 0 saturated carbocycles. The molecule has 0 spiro atoms. The summed E-state index contributed by atoms with van der Waals surface area (Å²) >= 11 is 0. The van der Waals surface area contributed by atoms with E-state index in [4.69, 9.17) is 14.2 Å². The van der Waals surface area contributed by atoms with Gasteiger partial charge in [0.2, 0.25) is 0 Å². The predicted octanol–water partition coefficient (Wildman–Crippen LogP) is 4.32. The number of nitrogens with one attached hydrogen (secondary N) is 1. The minimum atomic E-state index is -0.592. The second-order valence-corrected chi connectivity index (χ2v) is 7.63. The van der Waals surface area contributed by atoms with Gasteiger partial charge in [-0.05, 0) is 29.7 Å². The Balaban J connectivity index is 1.38. The van der Waals surface area contributed by atoms with E-state index in [0.29, 0.717) is 26.4 Å². The average Bonchev–Trinajstić information content (AvgIpc) is 2.81. The molecule has 0 amide bonds. The Morgan fingerprint density at radius 1 is 0.900 bits per heavy atom. The zero-order chi connectivity index (χ0) is 20.7. The van der Waals surface area contributed by atoms with E-state index in [1.165, 1.54) is 0 Å². The molecule has 1 heterocycles. The summed E-state index contributed by atoms with van der Waals surface area (Å²) in [6, 6.07) is 28.8. The van der Waals surface area contributed by atoms with Crippen LogP contribution in [0.25, 0.3) is 0 Å². The lowest BCUT2D eigenvalue weighted by molar-refractivity contribution is -0.183. The smallest absolute Gasteiger partial charge is 0.142 e. The number of rotatable bonds is 8. The number of aryl methyl sites for hydroxylation is 1. The van der Waals surface area contributed by atoms with Crippen LogP contribution in [0.1, 0.15) is 16.7 Å². The van der Waals surface area contributed by atoms with Crippen molar-refractivity contribution in [3.8, 4) is 5.75 Å². The molecule has 1 atom stereocenters. The lowest BCUT2D eigenvalue weighted by Crippen LogP contribution is -2.49. The SMILES string of the molecule is Cc1ccccc1OCCNCC1COCC(c2ccccc2)(c2ccccc2)O1. The monoisotopic (exact) mass is 403 g/mol. The fourth-order valence-corrected chi connectivity index (χ4v) is 3.89. The van der Waals surface area contributed by atoms with E-state index in [0.717, 1.165) is 29.0 Å². The second-order valence-electron chi connectivity index (χ2n) is 7.63. The summed E-state index contributed by atoms with van der Waals surface area (Å²) in [5.74, 6) is 0.934. The molecule has 4 heteroatoms. The molecule has 3 aromatic carbocycles. The number of hydrogen-bond acceptors (Lipinski definition) is 4. The maximum absolute atomic E-state index is 6.70. The van der Waals surface area contributed by atoms with Gasteiger partial charge >= 0.3 is 0 Å². The van der Waals surface area contributed by atoms with Crippen molar-refractivity contribution in [2.75, 3.05) is 32.9 Å². The van der Waals surface area contributed by atoms with Crippen LogP contribution in [-0.4, -0.2) is 39.0 Å². The second kappa shape index (κ2) is 9.90. The molecule has 1 fully saturated rings. The average molecular weight is 404 g/mol. The van der Waals surface area contributed by atoms with Gasteiger partial charge in [0.15, 0.2) is 0 Å². The highest BCUT2D eigenvalue weighted by atomic mass is 16.6. The van der Waals surface area contributed by atoms with Crippen molar-refractivity contribution < 1.29 is 14.2 Å². The molecule has 0 aromatic heterocycles. The summed E-state index contributed by atoms with van der Waals surface area (Å²) in [5.41, 5.74) is 2.79. The van der Waals surface area contributed by atoms with E-state index in [1.807, 2.05) is 54.6 Å². The molecule has 4 rings (SSSR count). The molecule has 30 heavy (non-hydrogen) atoms. The summed E-state index contributed by atoms with van der Waals surface area (Å²) in [5, 5.41) is 3.46. The molecule has 0 bridgehead atoms. The molecule has 1 N–H and O–H groups in total. The van der Waals surface area contributed by atoms with Gasteiger partial charge in [-0.1, -0.05) is 78.9 Å². The molecule has 156 valence electrons. The molecule has 0 aliphatic carbocycles. The van der Waals surface area contributed by atoms with Crippen LogP contribution in [0.3, 0.4) is 0 Å². The van der Waals surface area contributed by atoms with Gasteiger partial charge in [-0.15, -0.1) is 0 Å². The van der Waals surface area contributed by atoms with Gasteiger partial charge in [-0.25, -0.2) is 0 Å². The first-order valence-corrected chi connectivity index (χ1v) is 10.5. The van der Waals surface area contributed by atoms with Crippen LogP contribution in [0.2, 0.25) is 0 Å². The topological polar surface area (TPSA) is 39.7 Å². The van der Waals surface area contributed by atoms with Gasteiger partial charge in [0, 0.05) is 13.1 Å². The van der Waals surface area contributed by atoms with Gasteiger partial charge in [0.05, 0.1) is 19.3 Å².